The van der Waals surface area contributed by atoms with Crippen molar-refractivity contribution in [2.45, 2.75) is 0 Å². The maximum atomic E-state index is 12.4. The molecule has 0 aromatic heterocycles. The molecule has 0 aliphatic carbocycles. The van der Waals surface area contributed by atoms with Gasteiger partial charge in [-0.25, -0.2) is 4.79 Å². The van der Waals surface area contributed by atoms with Crippen molar-refractivity contribution in [3.63, 3.8) is 0 Å². The van der Waals surface area contributed by atoms with Crippen molar-refractivity contribution in [1.29, 1.82) is 0 Å². The first kappa shape index (κ1) is 19.0. The van der Waals surface area contributed by atoms with E-state index in [0.717, 1.165) is 5.69 Å². The maximum Gasteiger partial charge on any atom is 0.340 e. The number of benzene rings is 2. The Hall–Kier alpha value is -2.73. The molecule has 142 valence electrons. The van der Waals surface area contributed by atoms with Crippen molar-refractivity contribution >= 4 is 34.9 Å². The molecule has 0 bridgehead atoms. The number of carbonyl (C=O) groups is 2. The molecule has 1 aliphatic heterocycles. The quantitative estimate of drug-likeness (QED) is 0.799. The first-order valence-corrected chi connectivity index (χ1v) is 9.18. The average molecular weight is 388 g/mol. The van der Waals surface area contributed by atoms with Crippen LogP contribution in [0.25, 0.3) is 0 Å². The number of nitrogens with zero attached hydrogens (tertiary/aromatic N) is 2. The molecule has 2 aromatic rings. The lowest BCUT2D eigenvalue weighted by atomic mass is 10.2. The van der Waals surface area contributed by atoms with Crippen LogP contribution in [0, 0.1) is 0 Å². The Bertz CT molecular complexity index is 820. The Kier molecular flexibility index (Phi) is 6.19. The summed E-state index contributed by atoms with van der Waals surface area (Å²) in [5.74, 6) is -0.693. The van der Waals surface area contributed by atoms with Gasteiger partial charge in [-0.2, -0.15) is 0 Å². The lowest BCUT2D eigenvalue weighted by Gasteiger charge is -2.36. The highest BCUT2D eigenvalue weighted by Gasteiger charge is 2.23. The fourth-order valence-electron chi connectivity index (χ4n) is 3.06. The van der Waals surface area contributed by atoms with Crippen molar-refractivity contribution < 1.29 is 14.3 Å². The number of hydrogen-bond acceptors (Lipinski definition) is 5. The van der Waals surface area contributed by atoms with Gasteiger partial charge in [-0.1, -0.05) is 29.8 Å². The number of rotatable bonds is 5. The standard InChI is InChI=1S/C20H22ClN3O3/c1-22-18-8-3-2-7-17(18)20(26)27-14-19(25)24-11-9-23(10-12-24)16-6-4-5-15(21)13-16/h2-8,13,22H,9-12,14H2,1H3. The van der Waals surface area contributed by atoms with Gasteiger partial charge in [-0.05, 0) is 30.3 Å². The Morgan fingerprint density at radius 3 is 2.52 bits per heavy atom. The fraction of sp³-hybridized carbons (Fsp3) is 0.300. The molecule has 0 unspecified atom stereocenters. The third kappa shape index (κ3) is 4.71. The summed E-state index contributed by atoms with van der Waals surface area (Å²) in [6.45, 7) is 2.32. The second kappa shape index (κ2) is 8.77. The lowest BCUT2D eigenvalue weighted by Crippen LogP contribution is -2.49. The van der Waals surface area contributed by atoms with Gasteiger partial charge in [-0.3, -0.25) is 4.79 Å². The van der Waals surface area contributed by atoms with E-state index in [1.807, 2.05) is 30.3 Å². The van der Waals surface area contributed by atoms with Crippen LogP contribution in [0.5, 0.6) is 0 Å². The zero-order valence-corrected chi connectivity index (χ0v) is 15.9. The fourth-order valence-corrected chi connectivity index (χ4v) is 3.25. The van der Waals surface area contributed by atoms with Gasteiger partial charge in [-0.15, -0.1) is 0 Å². The highest BCUT2D eigenvalue weighted by Crippen LogP contribution is 2.21. The van der Waals surface area contributed by atoms with Crippen LogP contribution in [0.4, 0.5) is 11.4 Å². The summed E-state index contributed by atoms with van der Waals surface area (Å²) < 4.78 is 5.21. The Morgan fingerprint density at radius 1 is 1.07 bits per heavy atom. The molecule has 7 heteroatoms. The largest absolute Gasteiger partial charge is 0.452 e. The molecule has 0 atom stereocenters. The molecule has 2 aromatic carbocycles. The highest BCUT2D eigenvalue weighted by molar-refractivity contribution is 6.30. The van der Waals surface area contributed by atoms with Gasteiger partial charge in [0.25, 0.3) is 5.91 Å². The van der Waals surface area contributed by atoms with E-state index in [0.29, 0.717) is 42.5 Å². The van der Waals surface area contributed by atoms with Crippen LogP contribution in [-0.4, -0.2) is 56.6 Å². The number of hydrogen-bond donors (Lipinski definition) is 1. The van der Waals surface area contributed by atoms with Gasteiger partial charge >= 0.3 is 5.97 Å². The third-order valence-electron chi connectivity index (χ3n) is 4.55. The summed E-state index contributed by atoms with van der Waals surface area (Å²) in [7, 11) is 1.73. The van der Waals surface area contributed by atoms with Gasteiger partial charge in [0.15, 0.2) is 6.61 Å². The number of anilines is 2. The van der Waals surface area contributed by atoms with E-state index in [2.05, 4.69) is 10.2 Å². The van der Waals surface area contributed by atoms with Crippen molar-refractivity contribution in [2.24, 2.45) is 0 Å². The third-order valence-corrected chi connectivity index (χ3v) is 4.78. The number of halogens is 1. The SMILES string of the molecule is CNc1ccccc1C(=O)OCC(=O)N1CCN(c2cccc(Cl)c2)CC1. The number of carbonyl (C=O) groups excluding carboxylic acids is 2. The van der Waals surface area contributed by atoms with E-state index < -0.39 is 5.97 Å². The molecule has 1 aliphatic rings. The van der Waals surface area contributed by atoms with Crippen molar-refractivity contribution in [3.05, 3.63) is 59.1 Å². The Morgan fingerprint density at radius 2 is 1.81 bits per heavy atom. The highest BCUT2D eigenvalue weighted by atomic mass is 35.5. The predicted molar refractivity (Wildman–Crippen MR) is 107 cm³/mol. The van der Waals surface area contributed by atoms with Crippen molar-refractivity contribution in [1.82, 2.24) is 4.90 Å². The Labute approximate surface area is 163 Å². The molecule has 0 saturated carbocycles. The van der Waals surface area contributed by atoms with Crippen LogP contribution in [0.2, 0.25) is 5.02 Å². The van der Waals surface area contributed by atoms with Crippen LogP contribution >= 0.6 is 11.6 Å². The first-order valence-electron chi connectivity index (χ1n) is 8.80. The minimum atomic E-state index is -0.508. The zero-order chi connectivity index (χ0) is 19.2. The smallest absolute Gasteiger partial charge is 0.340 e. The molecule has 27 heavy (non-hydrogen) atoms. The molecule has 1 amide bonds. The second-order valence-electron chi connectivity index (χ2n) is 6.22. The summed E-state index contributed by atoms with van der Waals surface area (Å²) >= 11 is 6.04. The van der Waals surface area contributed by atoms with Crippen LogP contribution in [0.1, 0.15) is 10.4 Å². The number of amides is 1. The zero-order valence-electron chi connectivity index (χ0n) is 15.2. The topological polar surface area (TPSA) is 61.9 Å². The number of esters is 1. The van der Waals surface area contributed by atoms with Crippen LogP contribution < -0.4 is 10.2 Å². The molecule has 1 fully saturated rings. The summed E-state index contributed by atoms with van der Waals surface area (Å²) in [6, 6.07) is 14.7. The lowest BCUT2D eigenvalue weighted by molar-refractivity contribution is -0.134. The number of ether oxygens (including phenoxy) is 1. The van der Waals surface area contributed by atoms with Crippen LogP contribution in [0.15, 0.2) is 48.5 Å². The van der Waals surface area contributed by atoms with Gasteiger partial charge in [0.2, 0.25) is 0 Å². The second-order valence-corrected chi connectivity index (χ2v) is 6.66. The number of para-hydroxylation sites is 1. The minimum Gasteiger partial charge on any atom is -0.452 e. The molecule has 6 nitrogen and oxygen atoms in total. The Balaban J connectivity index is 1.50. The average Bonchev–Trinajstić information content (AvgIpc) is 2.71. The van der Waals surface area contributed by atoms with Gasteiger partial charge in [0.05, 0.1) is 5.56 Å². The van der Waals surface area contributed by atoms with E-state index in [9.17, 15) is 9.59 Å². The molecule has 1 N–H and O–H groups in total. The molecule has 0 radical (unpaired) electrons. The molecular weight excluding hydrogens is 366 g/mol. The van der Waals surface area contributed by atoms with E-state index in [1.165, 1.54) is 0 Å². The predicted octanol–water partition coefficient (Wildman–Crippen LogP) is 2.89. The first-order chi connectivity index (χ1) is 13.1. The van der Waals surface area contributed by atoms with Crippen LogP contribution in [0.3, 0.4) is 0 Å². The summed E-state index contributed by atoms with van der Waals surface area (Å²) in [4.78, 5) is 28.5. The van der Waals surface area contributed by atoms with Crippen molar-refractivity contribution in [3.8, 4) is 0 Å². The molecule has 1 heterocycles. The molecule has 1 saturated heterocycles. The summed E-state index contributed by atoms with van der Waals surface area (Å²) in [5, 5.41) is 3.63. The maximum absolute atomic E-state index is 12.4. The monoisotopic (exact) mass is 387 g/mol. The van der Waals surface area contributed by atoms with Gasteiger partial charge in [0, 0.05) is 49.6 Å². The van der Waals surface area contributed by atoms with Crippen LogP contribution in [-0.2, 0) is 9.53 Å². The van der Waals surface area contributed by atoms with Crippen molar-refractivity contribution in [2.75, 3.05) is 50.1 Å². The molecular formula is C20H22ClN3O3. The van der Waals surface area contributed by atoms with Gasteiger partial charge < -0.3 is 19.9 Å². The molecule has 0 spiro atoms. The minimum absolute atomic E-state index is 0.184. The van der Waals surface area contributed by atoms with E-state index >= 15 is 0 Å². The summed E-state index contributed by atoms with van der Waals surface area (Å²) in [5.41, 5.74) is 2.13. The number of piperazine rings is 1. The normalized spacial score (nSPS) is 14.0. The molecule has 3 rings (SSSR count). The summed E-state index contributed by atoms with van der Waals surface area (Å²) in [6.07, 6.45) is 0. The van der Waals surface area contributed by atoms with E-state index in [-0.39, 0.29) is 12.5 Å². The number of nitrogens with one attached hydrogen (secondary N) is 1. The van der Waals surface area contributed by atoms with E-state index in [4.69, 9.17) is 16.3 Å². The van der Waals surface area contributed by atoms with Gasteiger partial charge in [0.1, 0.15) is 0 Å². The van der Waals surface area contributed by atoms with E-state index in [1.54, 1.807) is 30.1 Å².